The van der Waals surface area contributed by atoms with Crippen LogP contribution in [-0.4, -0.2) is 27.3 Å². The zero-order valence-electron chi connectivity index (χ0n) is 17.1. The van der Waals surface area contributed by atoms with E-state index in [2.05, 4.69) is 4.99 Å². The molecule has 158 valence electrons. The second-order valence-electron chi connectivity index (χ2n) is 7.60. The van der Waals surface area contributed by atoms with Gasteiger partial charge in [0.1, 0.15) is 0 Å². The average molecular weight is 435 g/mol. The van der Waals surface area contributed by atoms with Crippen LogP contribution in [0.15, 0.2) is 53.5 Å². The van der Waals surface area contributed by atoms with E-state index in [1.165, 1.54) is 23.5 Å². The van der Waals surface area contributed by atoms with Gasteiger partial charge in [0, 0.05) is 16.1 Å². The Morgan fingerprint density at radius 3 is 2.39 bits per heavy atom. The molecule has 7 heteroatoms. The minimum atomic E-state index is -1.17. The Morgan fingerprint density at radius 2 is 1.68 bits per heavy atom. The van der Waals surface area contributed by atoms with Crippen LogP contribution in [-0.2, 0) is 19.4 Å². The van der Waals surface area contributed by atoms with Gasteiger partial charge in [-0.3, -0.25) is 9.59 Å². The molecule has 0 saturated heterocycles. The van der Waals surface area contributed by atoms with E-state index in [1.54, 1.807) is 12.1 Å². The lowest BCUT2D eigenvalue weighted by molar-refractivity contribution is 0.0692. The van der Waals surface area contributed by atoms with Crippen molar-refractivity contribution in [2.24, 2.45) is 4.99 Å². The van der Waals surface area contributed by atoms with E-state index in [-0.39, 0.29) is 23.5 Å². The molecule has 0 bridgehead atoms. The molecule has 0 aliphatic heterocycles. The van der Waals surface area contributed by atoms with Gasteiger partial charge in [0.2, 0.25) is 0 Å². The maximum atomic E-state index is 12.9. The molecule has 1 aromatic heterocycles. The van der Waals surface area contributed by atoms with Crippen molar-refractivity contribution in [1.82, 2.24) is 4.57 Å². The molecule has 0 fully saturated rings. The van der Waals surface area contributed by atoms with Crippen LogP contribution in [0.2, 0.25) is 0 Å². The minimum absolute atomic E-state index is 0.0396. The van der Waals surface area contributed by atoms with Gasteiger partial charge in [-0.2, -0.15) is 4.99 Å². The number of carboxylic acid groups (broad SMARTS) is 1. The van der Waals surface area contributed by atoms with E-state index in [9.17, 15) is 19.5 Å². The molecular formula is C24H22N2O4S. The fourth-order valence-corrected chi connectivity index (χ4v) is 4.97. The molecule has 1 N–H and O–H groups in total. The van der Waals surface area contributed by atoms with Crippen LogP contribution in [0.25, 0.3) is 0 Å². The van der Waals surface area contributed by atoms with E-state index < -0.39 is 11.9 Å². The number of rotatable bonds is 5. The largest absolute Gasteiger partial charge is 0.478 e. The molecule has 1 heterocycles. The number of aromatic nitrogens is 1. The number of hydrogen-bond acceptors (Lipinski definition) is 4. The molecule has 0 saturated carbocycles. The number of ketones is 1. The van der Waals surface area contributed by atoms with Crippen LogP contribution in [0.1, 0.15) is 60.1 Å². The quantitative estimate of drug-likeness (QED) is 0.614. The lowest BCUT2D eigenvalue weighted by Gasteiger charge is -2.14. The van der Waals surface area contributed by atoms with Crippen molar-refractivity contribution in [1.29, 1.82) is 0 Å². The maximum Gasteiger partial charge on any atom is 0.336 e. The maximum absolute atomic E-state index is 12.9. The molecule has 4 rings (SSSR count). The van der Waals surface area contributed by atoms with Crippen LogP contribution < -0.4 is 4.80 Å². The molecule has 6 nitrogen and oxygen atoms in total. The van der Waals surface area contributed by atoms with E-state index in [1.807, 2.05) is 35.8 Å². The number of benzene rings is 2. The number of amides is 1. The highest BCUT2D eigenvalue weighted by atomic mass is 32.1. The van der Waals surface area contributed by atoms with Gasteiger partial charge in [-0.25, -0.2) is 4.79 Å². The third-order valence-corrected chi connectivity index (χ3v) is 6.60. The third kappa shape index (κ3) is 4.41. The average Bonchev–Trinajstić information content (AvgIpc) is 3.11. The first-order valence-electron chi connectivity index (χ1n) is 10.2. The van der Waals surface area contributed by atoms with Gasteiger partial charge < -0.3 is 9.67 Å². The van der Waals surface area contributed by atoms with Crippen LogP contribution in [0.5, 0.6) is 0 Å². The SMILES string of the molecule is Cc1ccc(C(=O)Cn2c3c(sc2=NC(=O)c2ccccc2C(=O)O)CCCC3)cc1. The summed E-state index contributed by atoms with van der Waals surface area (Å²) >= 11 is 1.41. The number of carbonyl (C=O) groups excluding carboxylic acids is 2. The van der Waals surface area contributed by atoms with Gasteiger partial charge in [0.25, 0.3) is 5.91 Å². The first-order chi connectivity index (χ1) is 14.9. The Labute approximate surface area is 183 Å². The fraction of sp³-hybridized carbons (Fsp3) is 0.250. The van der Waals surface area contributed by atoms with E-state index in [4.69, 9.17) is 0 Å². The summed E-state index contributed by atoms with van der Waals surface area (Å²) < 4.78 is 1.84. The smallest absolute Gasteiger partial charge is 0.336 e. The molecule has 31 heavy (non-hydrogen) atoms. The predicted molar refractivity (Wildman–Crippen MR) is 118 cm³/mol. The molecule has 0 atom stereocenters. The fourth-order valence-electron chi connectivity index (χ4n) is 3.76. The number of aromatic carboxylic acids is 1. The van der Waals surface area contributed by atoms with Crippen LogP contribution in [0, 0.1) is 6.92 Å². The van der Waals surface area contributed by atoms with Crippen molar-refractivity contribution in [2.75, 3.05) is 0 Å². The van der Waals surface area contributed by atoms with Gasteiger partial charge in [0.15, 0.2) is 10.6 Å². The number of hydrogen-bond donors (Lipinski definition) is 1. The number of thiazole rings is 1. The first kappa shape index (κ1) is 20.9. The van der Waals surface area contributed by atoms with Crippen molar-refractivity contribution in [3.8, 4) is 0 Å². The molecule has 0 unspecified atom stereocenters. The number of Topliss-reactive ketones (excluding diaryl/α,β-unsaturated/α-hetero) is 1. The van der Waals surface area contributed by atoms with E-state index >= 15 is 0 Å². The van der Waals surface area contributed by atoms with Crippen LogP contribution in [0.3, 0.4) is 0 Å². The second-order valence-corrected chi connectivity index (χ2v) is 8.67. The summed E-state index contributed by atoms with van der Waals surface area (Å²) in [5.74, 6) is -1.84. The van der Waals surface area contributed by atoms with Crippen LogP contribution in [0.4, 0.5) is 0 Å². The molecular weight excluding hydrogens is 412 g/mol. The summed E-state index contributed by atoms with van der Waals surface area (Å²) in [6.45, 7) is 2.07. The van der Waals surface area contributed by atoms with Crippen molar-refractivity contribution < 1.29 is 19.5 Å². The van der Waals surface area contributed by atoms with Crippen LogP contribution >= 0.6 is 11.3 Å². The number of aryl methyl sites for hydroxylation is 2. The Kier molecular flexibility index (Phi) is 5.95. The van der Waals surface area contributed by atoms with Gasteiger partial charge >= 0.3 is 5.97 Å². The summed E-state index contributed by atoms with van der Waals surface area (Å²) in [6, 6.07) is 13.5. The van der Waals surface area contributed by atoms with E-state index in [0.29, 0.717) is 10.4 Å². The van der Waals surface area contributed by atoms with Crippen molar-refractivity contribution >= 4 is 29.0 Å². The number of nitrogens with zero attached hydrogens (tertiary/aromatic N) is 2. The zero-order chi connectivity index (χ0) is 22.0. The highest BCUT2D eigenvalue weighted by Gasteiger charge is 2.21. The molecule has 3 aromatic rings. The number of carbonyl (C=O) groups is 3. The molecule has 0 radical (unpaired) electrons. The Bertz CT molecular complexity index is 1240. The monoisotopic (exact) mass is 434 g/mol. The highest BCUT2D eigenvalue weighted by molar-refractivity contribution is 7.09. The third-order valence-electron chi connectivity index (χ3n) is 5.42. The predicted octanol–water partition coefficient (Wildman–Crippen LogP) is 4.06. The van der Waals surface area contributed by atoms with Gasteiger partial charge in [-0.1, -0.05) is 42.0 Å². The summed E-state index contributed by atoms with van der Waals surface area (Å²) in [6.07, 6.45) is 3.82. The van der Waals surface area contributed by atoms with Gasteiger partial charge in [0.05, 0.1) is 17.7 Å². The lowest BCUT2D eigenvalue weighted by Crippen LogP contribution is -2.25. The Morgan fingerprint density at radius 1 is 1.00 bits per heavy atom. The van der Waals surface area contributed by atoms with E-state index in [0.717, 1.165) is 41.8 Å². The topological polar surface area (TPSA) is 88.7 Å². The van der Waals surface area contributed by atoms with Gasteiger partial charge in [-0.05, 0) is 44.7 Å². The summed E-state index contributed by atoms with van der Waals surface area (Å²) in [4.78, 5) is 43.2. The van der Waals surface area contributed by atoms with Crippen molar-refractivity contribution in [2.45, 2.75) is 39.2 Å². The summed E-state index contributed by atoms with van der Waals surface area (Å²) in [5, 5.41) is 9.39. The zero-order valence-corrected chi connectivity index (χ0v) is 17.9. The summed E-state index contributed by atoms with van der Waals surface area (Å²) in [5.41, 5.74) is 2.70. The highest BCUT2D eigenvalue weighted by Crippen LogP contribution is 2.24. The second kappa shape index (κ2) is 8.81. The lowest BCUT2D eigenvalue weighted by atomic mass is 10.0. The molecule has 1 amide bonds. The Balaban J connectivity index is 1.75. The first-order valence-corrected chi connectivity index (χ1v) is 11.0. The number of carboxylic acids is 1. The Hall–Kier alpha value is -3.32. The van der Waals surface area contributed by atoms with Crippen molar-refractivity contribution in [3.05, 3.63) is 86.2 Å². The molecule has 2 aromatic carbocycles. The standard InChI is InChI=1S/C24H22N2O4S/c1-15-10-12-16(13-11-15)20(27)14-26-19-8-4-5-9-21(19)31-24(26)25-22(28)17-6-2-3-7-18(17)23(29)30/h2-3,6-7,10-13H,4-5,8-9,14H2,1H3,(H,29,30). The molecule has 1 aliphatic rings. The molecule has 0 spiro atoms. The van der Waals surface area contributed by atoms with Gasteiger partial charge in [-0.15, -0.1) is 11.3 Å². The van der Waals surface area contributed by atoms with Crippen molar-refractivity contribution in [3.63, 3.8) is 0 Å². The minimum Gasteiger partial charge on any atom is -0.478 e. The normalized spacial score (nSPS) is 13.6. The number of fused-ring (bicyclic) bond motifs is 1. The molecule has 1 aliphatic carbocycles. The summed E-state index contributed by atoms with van der Waals surface area (Å²) in [7, 11) is 0.